The molecule has 0 atom stereocenters. The molecule has 0 aliphatic carbocycles. The van der Waals surface area contributed by atoms with E-state index in [9.17, 15) is 4.79 Å². The molecule has 7 heteroatoms. The number of thiophene rings is 1. The van der Waals surface area contributed by atoms with Crippen LogP contribution >= 0.6 is 34.3 Å². The summed E-state index contributed by atoms with van der Waals surface area (Å²) in [5, 5.41) is 7.92. The second-order valence-corrected chi connectivity index (χ2v) is 11.1. The van der Waals surface area contributed by atoms with Crippen molar-refractivity contribution in [3.63, 3.8) is 0 Å². The molecule has 6 rings (SSSR count). The first-order valence-electron chi connectivity index (χ1n) is 12.0. The van der Waals surface area contributed by atoms with Crippen molar-refractivity contribution in [1.82, 2.24) is 9.99 Å². The van der Waals surface area contributed by atoms with Gasteiger partial charge in [-0.2, -0.15) is 0 Å². The fourth-order valence-electron chi connectivity index (χ4n) is 4.31. The molecule has 2 aromatic heterocycles. The van der Waals surface area contributed by atoms with Crippen LogP contribution in [0, 0.1) is 6.92 Å². The summed E-state index contributed by atoms with van der Waals surface area (Å²) in [6.45, 7) is 2.06. The summed E-state index contributed by atoms with van der Waals surface area (Å²) in [6.07, 6.45) is 0. The highest BCUT2D eigenvalue weighted by molar-refractivity contribution is 7.21. The van der Waals surface area contributed by atoms with Crippen molar-refractivity contribution in [1.29, 1.82) is 0 Å². The number of fused-ring (bicyclic) bond motifs is 1. The summed E-state index contributed by atoms with van der Waals surface area (Å²) in [5.74, 6) is -0.325. The molecule has 0 spiro atoms. The number of aromatic nitrogens is 1. The minimum Gasteiger partial charge on any atom is -0.284 e. The minimum absolute atomic E-state index is 0.325. The van der Waals surface area contributed by atoms with Crippen LogP contribution in [0.4, 0.5) is 0 Å². The predicted molar refractivity (Wildman–Crippen MR) is 159 cm³/mol. The van der Waals surface area contributed by atoms with Crippen molar-refractivity contribution in [2.45, 2.75) is 6.92 Å². The Morgan fingerprint density at radius 1 is 0.816 bits per heavy atom. The summed E-state index contributed by atoms with van der Waals surface area (Å²) in [6, 6.07) is 34.8. The lowest BCUT2D eigenvalue weighted by Gasteiger charge is -2.11. The molecule has 6 aromatic rings. The van der Waals surface area contributed by atoms with Crippen molar-refractivity contribution in [2.24, 2.45) is 5.10 Å². The van der Waals surface area contributed by atoms with Gasteiger partial charge in [-0.15, -0.1) is 27.8 Å². The maximum Gasteiger partial charge on any atom is 0.283 e. The van der Waals surface area contributed by atoms with Crippen molar-refractivity contribution >= 4 is 50.3 Å². The maximum atomic E-state index is 13.1. The molecule has 38 heavy (non-hydrogen) atoms. The van der Waals surface area contributed by atoms with Crippen LogP contribution in [-0.4, -0.2) is 10.5 Å². The molecule has 4 nitrogen and oxygen atoms in total. The lowest BCUT2D eigenvalue weighted by Crippen LogP contribution is -2.23. The number of halogens is 1. The molecule has 0 unspecified atom stereocenters. The minimum atomic E-state index is -0.325. The standard InChI is InChI=1S/C31H22ClN3OS2/c1-20-11-17-24(18-12-20)35-26(23-15-13-22(14-16-23)21-7-3-2-4-8-21)19-37-31(35)34-33-30(36)29-28(32)25-9-5-6-10-27(25)38-29/h2-19H,1H3,(H,33,36)/b34-31-. The highest BCUT2D eigenvalue weighted by atomic mass is 35.5. The Balaban J connectivity index is 1.39. The van der Waals surface area contributed by atoms with E-state index < -0.39 is 0 Å². The first-order chi connectivity index (χ1) is 18.6. The normalized spacial score (nSPS) is 11.7. The predicted octanol–water partition coefficient (Wildman–Crippen LogP) is 8.30. The monoisotopic (exact) mass is 551 g/mol. The number of nitrogens with zero attached hydrogens (tertiary/aromatic N) is 2. The SMILES string of the molecule is Cc1ccc(-n2c(-c3ccc(-c4ccccc4)cc3)cs/c2=N\NC(=O)c2sc3ccccc3c2Cl)cc1. The zero-order chi connectivity index (χ0) is 26.1. The molecule has 1 amide bonds. The second-order valence-electron chi connectivity index (χ2n) is 8.81. The maximum absolute atomic E-state index is 13.1. The van der Waals surface area contributed by atoms with Crippen LogP contribution in [0.15, 0.2) is 114 Å². The Bertz CT molecular complexity index is 1820. The molecule has 0 saturated heterocycles. The molecular weight excluding hydrogens is 530 g/mol. The van der Waals surface area contributed by atoms with E-state index in [4.69, 9.17) is 11.6 Å². The number of amides is 1. The number of nitrogens with one attached hydrogen (secondary N) is 1. The van der Waals surface area contributed by atoms with E-state index in [0.29, 0.717) is 14.7 Å². The average molecular weight is 552 g/mol. The molecule has 0 saturated carbocycles. The van der Waals surface area contributed by atoms with Crippen molar-refractivity contribution in [2.75, 3.05) is 0 Å². The van der Waals surface area contributed by atoms with Crippen molar-refractivity contribution in [3.8, 4) is 28.1 Å². The highest BCUT2D eigenvalue weighted by Gasteiger charge is 2.17. The Labute approximate surface area is 233 Å². The molecule has 186 valence electrons. The van der Waals surface area contributed by atoms with Gasteiger partial charge in [-0.25, -0.2) is 5.43 Å². The number of aryl methyl sites for hydroxylation is 1. The number of hydrogen-bond acceptors (Lipinski definition) is 4. The summed E-state index contributed by atoms with van der Waals surface area (Å²) in [4.78, 5) is 14.2. The van der Waals surface area contributed by atoms with E-state index in [1.54, 1.807) is 0 Å². The molecule has 0 radical (unpaired) electrons. The van der Waals surface area contributed by atoms with E-state index in [0.717, 1.165) is 32.6 Å². The number of thiazole rings is 1. The Morgan fingerprint density at radius 3 is 2.21 bits per heavy atom. The zero-order valence-electron chi connectivity index (χ0n) is 20.4. The first kappa shape index (κ1) is 24.4. The van der Waals surface area contributed by atoms with Crippen LogP contribution in [0.5, 0.6) is 0 Å². The summed E-state index contributed by atoms with van der Waals surface area (Å²) < 4.78 is 3.03. The van der Waals surface area contributed by atoms with Gasteiger partial charge in [-0.1, -0.05) is 102 Å². The summed E-state index contributed by atoms with van der Waals surface area (Å²) >= 11 is 9.35. The zero-order valence-corrected chi connectivity index (χ0v) is 22.8. The van der Waals surface area contributed by atoms with Crippen LogP contribution in [0.25, 0.3) is 38.2 Å². The highest BCUT2D eigenvalue weighted by Crippen LogP contribution is 2.35. The molecule has 0 aliphatic rings. The third-order valence-electron chi connectivity index (χ3n) is 6.28. The van der Waals surface area contributed by atoms with E-state index in [1.165, 1.54) is 33.8 Å². The van der Waals surface area contributed by atoms with Gasteiger partial charge in [0.15, 0.2) is 0 Å². The topological polar surface area (TPSA) is 46.4 Å². The smallest absolute Gasteiger partial charge is 0.283 e. The number of rotatable bonds is 5. The van der Waals surface area contributed by atoms with Crippen molar-refractivity contribution < 1.29 is 4.79 Å². The fraction of sp³-hybridized carbons (Fsp3) is 0.0323. The molecular formula is C31H22ClN3OS2. The van der Waals surface area contributed by atoms with E-state index >= 15 is 0 Å². The van der Waals surface area contributed by atoms with Crippen LogP contribution in [0.2, 0.25) is 5.02 Å². The van der Waals surface area contributed by atoms with Crippen LogP contribution < -0.4 is 10.2 Å². The summed E-state index contributed by atoms with van der Waals surface area (Å²) in [5.41, 5.74) is 9.25. The van der Waals surface area contributed by atoms with Crippen LogP contribution in [-0.2, 0) is 0 Å². The van der Waals surface area contributed by atoms with E-state index in [2.05, 4.69) is 88.1 Å². The van der Waals surface area contributed by atoms with E-state index in [1.807, 2.05) is 42.5 Å². The molecule has 0 fully saturated rings. The van der Waals surface area contributed by atoms with Gasteiger partial charge in [0.05, 0.1) is 10.7 Å². The number of benzene rings is 4. The third-order valence-corrected chi connectivity index (χ3v) is 8.78. The van der Waals surface area contributed by atoms with Gasteiger partial charge in [-0.05, 0) is 41.8 Å². The summed E-state index contributed by atoms with van der Waals surface area (Å²) in [7, 11) is 0. The molecule has 1 N–H and O–H groups in total. The molecule has 0 bridgehead atoms. The van der Waals surface area contributed by atoms with Gasteiger partial charge in [0.1, 0.15) is 4.88 Å². The second kappa shape index (κ2) is 10.4. The van der Waals surface area contributed by atoms with E-state index in [-0.39, 0.29) is 5.91 Å². The number of carbonyl (C=O) groups excluding carboxylic acids is 1. The van der Waals surface area contributed by atoms with Gasteiger partial charge in [0, 0.05) is 21.2 Å². The molecule has 0 aliphatic heterocycles. The lowest BCUT2D eigenvalue weighted by molar-refractivity contribution is 0.0957. The van der Waals surface area contributed by atoms with Crippen LogP contribution in [0.1, 0.15) is 15.2 Å². The first-order valence-corrected chi connectivity index (χ1v) is 14.1. The Morgan fingerprint density at radius 2 is 1.47 bits per heavy atom. The van der Waals surface area contributed by atoms with Gasteiger partial charge in [0.25, 0.3) is 5.91 Å². The van der Waals surface area contributed by atoms with Gasteiger partial charge in [0.2, 0.25) is 4.80 Å². The average Bonchev–Trinajstić information content (AvgIpc) is 3.54. The van der Waals surface area contributed by atoms with Crippen molar-refractivity contribution in [3.05, 3.63) is 129 Å². The quantitative estimate of drug-likeness (QED) is 0.215. The molecule has 4 aromatic carbocycles. The Hall–Kier alpha value is -3.97. The molecule has 2 heterocycles. The largest absolute Gasteiger partial charge is 0.284 e. The van der Waals surface area contributed by atoms with Gasteiger partial charge >= 0.3 is 0 Å². The third kappa shape index (κ3) is 4.70. The Kier molecular flexibility index (Phi) is 6.68. The van der Waals surface area contributed by atoms with Gasteiger partial charge < -0.3 is 0 Å². The van der Waals surface area contributed by atoms with Crippen LogP contribution in [0.3, 0.4) is 0 Å². The number of carbonyl (C=O) groups is 1. The van der Waals surface area contributed by atoms with Gasteiger partial charge in [-0.3, -0.25) is 9.36 Å². The lowest BCUT2D eigenvalue weighted by atomic mass is 10.0. The fourth-order valence-corrected chi connectivity index (χ4v) is 6.58. The number of hydrogen-bond donors (Lipinski definition) is 1.